The highest BCUT2D eigenvalue weighted by molar-refractivity contribution is 6.62. The van der Waals surface area contributed by atoms with E-state index in [2.05, 4.69) is 9.97 Å². The summed E-state index contributed by atoms with van der Waals surface area (Å²) in [7, 11) is -0.452. The summed E-state index contributed by atoms with van der Waals surface area (Å²) >= 11 is 0. The van der Waals surface area contributed by atoms with Crippen molar-refractivity contribution in [2.24, 2.45) is 0 Å². The smallest absolute Gasteiger partial charge is 0.399 e. The average Bonchev–Trinajstić information content (AvgIpc) is 2.95. The average molecular weight is 426 g/mol. The topological polar surface area (TPSA) is 44.2 Å². The minimum Gasteiger partial charge on any atom is -0.399 e. The van der Waals surface area contributed by atoms with Crippen molar-refractivity contribution in [3.05, 3.63) is 66.4 Å². The van der Waals surface area contributed by atoms with Crippen molar-refractivity contribution in [1.82, 2.24) is 9.97 Å². The highest BCUT2D eigenvalue weighted by atomic mass is 19.4. The van der Waals surface area contributed by atoms with Gasteiger partial charge in [-0.25, -0.2) is 9.97 Å². The molecule has 1 fully saturated rings. The van der Waals surface area contributed by atoms with Crippen molar-refractivity contribution >= 4 is 12.6 Å². The summed E-state index contributed by atoms with van der Waals surface area (Å²) in [5, 5.41) is 0. The lowest BCUT2D eigenvalue weighted by Gasteiger charge is -2.32. The summed E-state index contributed by atoms with van der Waals surface area (Å²) in [4.78, 5) is 8.73. The monoisotopic (exact) mass is 426 g/mol. The predicted molar refractivity (Wildman–Crippen MR) is 114 cm³/mol. The second-order valence-electron chi connectivity index (χ2n) is 8.55. The molecule has 31 heavy (non-hydrogen) atoms. The van der Waals surface area contributed by atoms with Crippen LogP contribution < -0.4 is 5.46 Å². The maximum absolute atomic E-state index is 12.8. The second-order valence-corrected chi connectivity index (χ2v) is 8.55. The van der Waals surface area contributed by atoms with E-state index in [-0.39, 0.29) is 0 Å². The molecule has 0 amide bonds. The van der Waals surface area contributed by atoms with Crippen LogP contribution in [0, 0.1) is 0 Å². The van der Waals surface area contributed by atoms with Crippen LogP contribution >= 0.6 is 0 Å². The van der Waals surface area contributed by atoms with Gasteiger partial charge in [0.05, 0.1) is 22.5 Å². The van der Waals surface area contributed by atoms with Gasteiger partial charge in [-0.3, -0.25) is 0 Å². The number of hydrogen-bond acceptors (Lipinski definition) is 4. The molecule has 8 heteroatoms. The fraction of sp³-hybridized carbons (Fsp3) is 0.304. The third-order valence-electron chi connectivity index (χ3n) is 5.86. The van der Waals surface area contributed by atoms with Gasteiger partial charge in [0.2, 0.25) is 0 Å². The summed E-state index contributed by atoms with van der Waals surface area (Å²) in [6.07, 6.45) is -2.78. The van der Waals surface area contributed by atoms with Gasteiger partial charge in [0.15, 0.2) is 5.82 Å². The highest BCUT2D eigenvalue weighted by Gasteiger charge is 2.51. The molecule has 0 radical (unpaired) electrons. The lowest BCUT2D eigenvalue weighted by molar-refractivity contribution is -0.137. The third-order valence-corrected chi connectivity index (χ3v) is 5.86. The number of halogens is 3. The van der Waals surface area contributed by atoms with Gasteiger partial charge in [0, 0.05) is 17.3 Å². The molecule has 0 unspecified atom stereocenters. The van der Waals surface area contributed by atoms with Crippen LogP contribution in [0.2, 0.25) is 0 Å². The highest BCUT2D eigenvalue weighted by Crippen LogP contribution is 2.36. The Morgan fingerprint density at radius 1 is 0.774 bits per heavy atom. The van der Waals surface area contributed by atoms with Crippen LogP contribution in [0.15, 0.2) is 60.8 Å². The molecular formula is C23H22BF3N2O2. The summed E-state index contributed by atoms with van der Waals surface area (Å²) in [5.74, 6) is 0.362. The quantitative estimate of drug-likeness (QED) is 0.545. The van der Waals surface area contributed by atoms with Gasteiger partial charge in [-0.2, -0.15) is 13.2 Å². The summed E-state index contributed by atoms with van der Waals surface area (Å²) in [6.45, 7) is 8.02. The molecular weight excluding hydrogens is 404 g/mol. The Bertz CT molecular complexity index is 1070. The fourth-order valence-corrected chi connectivity index (χ4v) is 3.26. The number of hydrogen-bond donors (Lipinski definition) is 0. The summed E-state index contributed by atoms with van der Waals surface area (Å²) < 4.78 is 50.5. The van der Waals surface area contributed by atoms with Crippen molar-refractivity contribution in [2.45, 2.75) is 45.1 Å². The van der Waals surface area contributed by atoms with Crippen molar-refractivity contribution in [2.75, 3.05) is 0 Å². The Labute approximate surface area is 179 Å². The van der Waals surface area contributed by atoms with E-state index in [9.17, 15) is 13.2 Å². The Hall–Kier alpha value is -2.71. The van der Waals surface area contributed by atoms with Gasteiger partial charge in [-0.15, -0.1) is 0 Å². The Morgan fingerprint density at radius 2 is 1.32 bits per heavy atom. The number of alkyl halides is 3. The van der Waals surface area contributed by atoms with Gasteiger partial charge in [-0.05, 0) is 51.4 Å². The fourth-order valence-electron chi connectivity index (χ4n) is 3.26. The molecule has 4 rings (SSSR count). The van der Waals surface area contributed by atoms with E-state index in [4.69, 9.17) is 9.31 Å². The van der Waals surface area contributed by atoms with E-state index >= 15 is 0 Å². The Kier molecular flexibility index (Phi) is 5.18. The Morgan fingerprint density at radius 3 is 1.87 bits per heavy atom. The molecule has 1 aromatic heterocycles. The van der Waals surface area contributed by atoms with Crippen LogP contribution in [0.5, 0.6) is 0 Å². The molecule has 0 bridgehead atoms. The lowest BCUT2D eigenvalue weighted by Crippen LogP contribution is -2.41. The van der Waals surface area contributed by atoms with Crippen molar-refractivity contribution in [3.8, 4) is 22.6 Å². The van der Waals surface area contributed by atoms with Gasteiger partial charge < -0.3 is 9.31 Å². The predicted octanol–water partition coefficient (Wildman–Crippen LogP) is 5.13. The maximum atomic E-state index is 12.8. The first-order valence-electron chi connectivity index (χ1n) is 9.93. The van der Waals surface area contributed by atoms with E-state index in [1.807, 2.05) is 52.0 Å². The molecule has 2 aromatic carbocycles. The molecule has 1 saturated heterocycles. The molecule has 160 valence electrons. The van der Waals surface area contributed by atoms with E-state index in [1.165, 1.54) is 12.1 Å². The van der Waals surface area contributed by atoms with Crippen LogP contribution in [-0.2, 0) is 15.5 Å². The van der Waals surface area contributed by atoms with Gasteiger partial charge in [0.25, 0.3) is 0 Å². The van der Waals surface area contributed by atoms with E-state index < -0.39 is 30.1 Å². The number of aromatic nitrogens is 2. The third kappa shape index (κ3) is 4.22. The normalized spacial score (nSPS) is 17.7. The molecule has 2 heterocycles. The zero-order valence-electron chi connectivity index (χ0n) is 17.7. The molecule has 3 aromatic rings. The minimum absolute atomic E-state index is 0.362. The minimum atomic E-state index is -4.37. The zero-order chi connectivity index (χ0) is 22.4. The first kappa shape index (κ1) is 21.5. The largest absolute Gasteiger partial charge is 0.494 e. The molecule has 1 aliphatic rings. The van der Waals surface area contributed by atoms with Crippen LogP contribution in [0.4, 0.5) is 13.2 Å². The van der Waals surface area contributed by atoms with Crippen LogP contribution in [0.1, 0.15) is 33.3 Å². The van der Waals surface area contributed by atoms with Crippen molar-refractivity contribution < 1.29 is 22.5 Å². The zero-order valence-corrected chi connectivity index (χ0v) is 17.7. The molecule has 0 N–H and O–H groups in total. The number of rotatable bonds is 3. The first-order valence-corrected chi connectivity index (χ1v) is 9.93. The maximum Gasteiger partial charge on any atom is 0.494 e. The van der Waals surface area contributed by atoms with Gasteiger partial charge >= 0.3 is 13.3 Å². The first-order chi connectivity index (χ1) is 14.5. The van der Waals surface area contributed by atoms with Crippen LogP contribution in [0.3, 0.4) is 0 Å². The number of nitrogens with zero attached hydrogens (tertiary/aromatic N) is 2. The molecule has 0 aliphatic carbocycles. The van der Waals surface area contributed by atoms with Crippen molar-refractivity contribution in [3.63, 3.8) is 0 Å². The van der Waals surface area contributed by atoms with Gasteiger partial charge in [-0.1, -0.05) is 36.4 Å². The van der Waals surface area contributed by atoms with E-state index in [0.29, 0.717) is 17.1 Å². The molecule has 0 atom stereocenters. The summed E-state index contributed by atoms with van der Waals surface area (Å²) in [5.41, 5.74) is 1.41. The van der Waals surface area contributed by atoms with Crippen LogP contribution in [-0.4, -0.2) is 28.3 Å². The SMILES string of the molecule is CC1(C)OB(c2ccc(-c3ccnc(-c4ccc(C(F)(F)F)cc4)n3)cc2)OC1(C)C. The molecule has 0 spiro atoms. The van der Waals surface area contributed by atoms with Crippen LogP contribution in [0.25, 0.3) is 22.6 Å². The number of benzene rings is 2. The van der Waals surface area contributed by atoms with Crippen molar-refractivity contribution in [1.29, 1.82) is 0 Å². The lowest BCUT2D eigenvalue weighted by atomic mass is 9.79. The van der Waals surface area contributed by atoms with Gasteiger partial charge in [0.1, 0.15) is 0 Å². The standard InChI is InChI=1S/C23H22BF3N2O2/c1-21(2)22(3,4)31-24(30-21)18-11-7-15(8-12-18)19-13-14-28-20(29-19)16-5-9-17(10-6-16)23(25,26)27/h5-14H,1-4H3. The molecule has 4 nitrogen and oxygen atoms in total. The van der Waals surface area contributed by atoms with E-state index in [1.54, 1.807) is 12.3 Å². The van der Waals surface area contributed by atoms with E-state index in [0.717, 1.165) is 23.2 Å². The molecule has 1 aliphatic heterocycles. The summed E-state index contributed by atoms with van der Waals surface area (Å²) in [6, 6.07) is 14.3. The molecule has 0 saturated carbocycles. The Balaban J connectivity index is 1.56. The second kappa shape index (κ2) is 7.46.